The van der Waals surface area contributed by atoms with Gasteiger partial charge in [0.15, 0.2) is 0 Å². The van der Waals surface area contributed by atoms with E-state index in [1.54, 1.807) is 25.1 Å². The third kappa shape index (κ3) is 1.45. The number of nitrogens with two attached hydrogens (primary N) is 1. The topological polar surface area (TPSA) is 26.0 Å². The molecular weight excluding hydrogens is 220 g/mol. The molecule has 2 rings (SSSR count). The average molecular weight is 232 g/mol. The van der Waals surface area contributed by atoms with Gasteiger partial charge in [0.1, 0.15) is 0 Å². The molecule has 1 saturated carbocycles. The van der Waals surface area contributed by atoms with Gasteiger partial charge in [0.05, 0.1) is 5.41 Å². The number of rotatable bonds is 2. The Labute approximate surface area is 92.2 Å². The van der Waals surface area contributed by atoms with Gasteiger partial charge in [-0.1, -0.05) is 23.7 Å². The minimum absolute atomic E-state index is 0.0267. The fraction of sp³-hybridized carbons (Fsp3) is 0.455. The Morgan fingerprint density at radius 1 is 1.47 bits per heavy atom. The molecule has 1 aromatic carbocycles. The molecule has 0 radical (unpaired) electrons. The molecule has 1 fully saturated rings. The van der Waals surface area contributed by atoms with Gasteiger partial charge in [0.25, 0.3) is 5.92 Å². The predicted octanol–water partition coefficient (Wildman–Crippen LogP) is 2.88. The maximum absolute atomic E-state index is 13.3. The minimum Gasteiger partial charge on any atom is -0.329 e. The quantitative estimate of drug-likeness (QED) is 0.832. The highest BCUT2D eigenvalue weighted by atomic mass is 35.5. The first-order valence-corrected chi connectivity index (χ1v) is 5.15. The number of hydrogen-bond donors (Lipinski definition) is 1. The molecule has 2 N–H and O–H groups in total. The van der Waals surface area contributed by atoms with Crippen molar-refractivity contribution in [2.24, 2.45) is 5.73 Å². The van der Waals surface area contributed by atoms with E-state index < -0.39 is 11.3 Å². The van der Waals surface area contributed by atoms with Crippen molar-refractivity contribution >= 4 is 11.6 Å². The number of halogens is 3. The van der Waals surface area contributed by atoms with E-state index in [0.717, 1.165) is 5.56 Å². The van der Waals surface area contributed by atoms with Crippen LogP contribution in [0.25, 0.3) is 0 Å². The highest BCUT2D eigenvalue weighted by molar-refractivity contribution is 6.31. The third-order valence-electron chi connectivity index (χ3n) is 3.16. The Morgan fingerprint density at radius 2 is 2.07 bits per heavy atom. The first kappa shape index (κ1) is 10.8. The van der Waals surface area contributed by atoms with Crippen molar-refractivity contribution < 1.29 is 8.78 Å². The van der Waals surface area contributed by atoms with Crippen LogP contribution in [0.1, 0.15) is 17.5 Å². The Bertz CT molecular complexity index is 406. The van der Waals surface area contributed by atoms with Crippen LogP contribution < -0.4 is 5.73 Å². The van der Waals surface area contributed by atoms with Crippen molar-refractivity contribution in [3.05, 3.63) is 34.3 Å². The number of aryl methyl sites for hydroxylation is 1. The van der Waals surface area contributed by atoms with Crippen LogP contribution in [-0.2, 0) is 5.41 Å². The summed E-state index contributed by atoms with van der Waals surface area (Å²) in [5, 5.41) is 0.592. The SMILES string of the molecule is Cc1cc(C2(CN)CC2(F)F)ccc1Cl. The maximum atomic E-state index is 13.3. The van der Waals surface area contributed by atoms with Crippen LogP contribution in [0.5, 0.6) is 0 Å². The largest absolute Gasteiger partial charge is 0.329 e. The zero-order valence-corrected chi connectivity index (χ0v) is 9.11. The van der Waals surface area contributed by atoms with Crippen molar-refractivity contribution in [2.45, 2.75) is 24.7 Å². The summed E-state index contributed by atoms with van der Waals surface area (Å²) < 4.78 is 26.5. The molecule has 1 aliphatic carbocycles. The summed E-state index contributed by atoms with van der Waals surface area (Å²) >= 11 is 5.85. The molecule has 0 heterocycles. The number of benzene rings is 1. The van der Waals surface area contributed by atoms with Gasteiger partial charge in [-0.15, -0.1) is 0 Å². The molecule has 1 atom stereocenters. The molecule has 1 nitrogen and oxygen atoms in total. The van der Waals surface area contributed by atoms with Crippen molar-refractivity contribution in [3.63, 3.8) is 0 Å². The summed E-state index contributed by atoms with van der Waals surface area (Å²) in [6.07, 6.45) is -0.155. The maximum Gasteiger partial charge on any atom is 0.260 e. The van der Waals surface area contributed by atoms with Crippen molar-refractivity contribution in [3.8, 4) is 0 Å². The first-order valence-electron chi connectivity index (χ1n) is 4.77. The van der Waals surface area contributed by atoms with E-state index in [-0.39, 0.29) is 13.0 Å². The van der Waals surface area contributed by atoms with E-state index in [1.807, 2.05) is 0 Å². The van der Waals surface area contributed by atoms with E-state index in [4.69, 9.17) is 17.3 Å². The monoisotopic (exact) mass is 231 g/mol. The molecule has 1 unspecified atom stereocenters. The van der Waals surface area contributed by atoms with Gasteiger partial charge >= 0.3 is 0 Å². The zero-order chi connectivity index (χ0) is 11.3. The molecule has 1 aromatic rings. The summed E-state index contributed by atoms with van der Waals surface area (Å²) in [7, 11) is 0. The van der Waals surface area contributed by atoms with Gasteiger partial charge in [0.2, 0.25) is 0 Å². The Kier molecular flexibility index (Phi) is 2.28. The molecule has 0 saturated heterocycles. The van der Waals surface area contributed by atoms with E-state index in [9.17, 15) is 8.78 Å². The number of hydrogen-bond acceptors (Lipinski definition) is 1. The highest BCUT2D eigenvalue weighted by Crippen LogP contribution is 2.61. The fourth-order valence-electron chi connectivity index (χ4n) is 1.93. The molecule has 82 valence electrons. The average Bonchev–Trinajstić information content (AvgIpc) is 2.75. The van der Waals surface area contributed by atoms with Crippen molar-refractivity contribution in [2.75, 3.05) is 6.54 Å². The van der Waals surface area contributed by atoms with E-state index in [0.29, 0.717) is 10.6 Å². The molecule has 0 amide bonds. The second kappa shape index (κ2) is 3.16. The molecule has 4 heteroatoms. The summed E-state index contributed by atoms with van der Waals surface area (Å²) in [6.45, 7) is 1.78. The lowest BCUT2D eigenvalue weighted by Crippen LogP contribution is -2.26. The van der Waals surface area contributed by atoms with Crippen LogP contribution in [0.2, 0.25) is 5.02 Å². The van der Waals surface area contributed by atoms with Crippen LogP contribution in [0.15, 0.2) is 18.2 Å². The smallest absolute Gasteiger partial charge is 0.260 e. The van der Waals surface area contributed by atoms with Crippen molar-refractivity contribution in [1.82, 2.24) is 0 Å². The number of alkyl halides is 2. The van der Waals surface area contributed by atoms with E-state index in [1.165, 1.54) is 0 Å². The lowest BCUT2D eigenvalue weighted by atomic mass is 9.94. The minimum atomic E-state index is -2.66. The lowest BCUT2D eigenvalue weighted by Gasteiger charge is -2.15. The summed E-state index contributed by atoms with van der Waals surface area (Å²) in [6, 6.07) is 5.00. The van der Waals surface area contributed by atoms with Gasteiger partial charge < -0.3 is 5.73 Å². The first-order chi connectivity index (χ1) is 6.93. The van der Waals surface area contributed by atoms with Gasteiger partial charge in [-0.25, -0.2) is 8.78 Å². The highest BCUT2D eigenvalue weighted by Gasteiger charge is 2.71. The Morgan fingerprint density at radius 3 is 2.47 bits per heavy atom. The third-order valence-corrected chi connectivity index (χ3v) is 3.58. The molecule has 15 heavy (non-hydrogen) atoms. The Balaban J connectivity index is 2.42. The van der Waals surface area contributed by atoms with E-state index in [2.05, 4.69) is 0 Å². The van der Waals surface area contributed by atoms with Crippen LogP contribution in [0.4, 0.5) is 8.78 Å². The molecule has 0 bridgehead atoms. The van der Waals surface area contributed by atoms with Crippen LogP contribution in [-0.4, -0.2) is 12.5 Å². The van der Waals surface area contributed by atoms with Crippen LogP contribution in [0, 0.1) is 6.92 Å². The van der Waals surface area contributed by atoms with Gasteiger partial charge in [-0.2, -0.15) is 0 Å². The lowest BCUT2D eigenvalue weighted by molar-refractivity contribution is 0.0896. The summed E-state index contributed by atoms with van der Waals surface area (Å²) in [4.78, 5) is 0. The fourth-order valence-corrected chi connectivity index (χ4v) is 2.05. The van der Waals surface area contributed by atoms with Gasteiger partial charge in [-0.3, -0.25) is 0 Å². The molecule has 0 spiro atoms. The summed E-state index contributed by atoms with van der Waals surface area (Å²) in [5.74, 6) is -2.66. The second-order valence-electron chi connectivity index (χ2n) is 4.13. The predicted molar refractivity (Wildman–Crippen MR) is 56.5 cm³/mol. The van der Waals surface area contributed by atoms with Gasteiger partial charge in [0, 0.05) is 18.0 Å². The van der Waals surface area contributed by atoms with Gasteiger partial charge in [-0.05, 0) is 24.1 Å². The molecular formula is C11H12ClF2N. The van der Waals surface area contributed by atoms with Crippen LogP contribution >= 0.6 is 11.6 Å². The molecule has 0 aromatic heterocycles. The van der Waals surface area contributed by atoms with Crippen molar-refractivity contribution in [1.29, 1.82) is 0 Å². The van der Waals surface area contributed by atoms with Crippen LogP contribution in [0.3, 0.4) is 0 Å². The standard InChI is InChI=1S/C11H12ClF2N/c1-7-4-8(2-3-9(7)12)10(6-15)5-11(10,13)14/h2-4H,5-6,15H2,1H3. The van der Waals surface area contributed by atoms with E-state index >= 15 is 0 Å². The Hall–Kier alpha value is -0.670. The zero-order valence-electron chi connectivity index (χ0n) is 8.36. The normalized spacial score (nSPS) is 27.8. The summed E-state index contributed by atoms with van der Waals surface area (Å²) in [5.41, 5.74) is 5.71. The molecule has 1 aliphatic rings. The second-order valence-corrected chi connectivity index (χ2v) is 4.54. The molecule has 0 aliphatic heterocycles.